The predicted octanol–water partition coefficient (Wildman–Crippen LogP) is 3.00. The van der Waals surface area contributed by atoms with Crippen LogP contribution in [-0.4, -0.2) is 17.4 Å². The molecule has 1 aromatic rings. The molecule has 0 aromatic heterocycles. The Morgan fingerprint density at radius 3 is 2.67 bits per heavy atom. The Kier molecular flexibility index (Phi) is 3.21. The van der Waals surface area contributed by atoms with Crippen molar-refractivity contribution in [3.05, 3.63) is 40.5 Å². The van der Waals surface area contributed by atoms with Crippen LogP contribution in [0.5, 0.6) is 0 Å². The number of carbonyl (C=O) groups excluding carboxylic acids is 1. The third-order valence-corrected chi connectivity index (χ3v) is 3.07. The van der Waals surface area contributed by atoms with Gasteiger partial charge < -0.3 is 4.90 Å². The van der Waals surface area contributed by atoms with Crippen LogP contribution >= 0.6 is 15.9 Å². The van der Waals surface area contributed by atoms with E-state index in [-0.39, 0.29) is 5.91 Å². The molecule has 2 nitrogen and oxygen atoms in total. The summed E-state index contributed by atoms with van der Waals surface area (Å²) < 4.78 is 0.858. The molecular formula is C12H12BrNO. The minimum Gasteiger partial charge on any atom is -0.306 e. The van der Waals surface area contributed by atoms with Crippen molar-refractivity contribution in [2.45, 2.75) is 12.8 Å². The molecule has 0 aliphatic carbocycles. The molecule has 1 saturated heterocycles. The quantitative estimate of drug-likeness (QED) is 0.753. The van der Waals surface area contributed by atoms with Crippen molar-refractivity contribution in [2.75, 3.05) is 6.54 Å². The van der Waals surface area contributed by atoms with Gasteiger partial charge in [-0.1, -0.05) is 30.3 Å². The number of likely N-dealkylation sites (tertiary alicyclic amines) is 1. The number of amides is 1. The van der Waals surface area contributed by atoms with E-state index in [1.165, 1.54) is 0 Å². The molecule has 0 saturated carbocycles. The third-order valence-electron chi connectivity index (χ3n) is 2.42. The van der Waals surface area contributed by atoms with E-state index in [1.807, 2.05) is 36.4 Å². The summed E-state index contributed by atoms with van der Waals surface area (Å²) in [5.74, 6) is 0.203. The Morgan fingerprint density at radius 2 is 2.07 bits per heavy atom. The fourth-order valence-electron chi connectivity index (χ4n) is 1.64. The van der Waals surface area contributed by atoms with Crippen LogP contribution in [-0.2, 0) is 4.79 Å². The first-order chi connectivity index (χ1) is 7.27. The van der Waals surface area contributed by atoms with Crippen molar-refractivity contribution < 1.29 is 4.79 Å². The van der Waals surface area contributed by atoms with Gasteiger partial charge in [-0.3, -0.25) is 4.79 Å². The number of nitrogens with zero attached hydrogens (tertiary/aromatic N) is 1. The number of hydrogen-bond acceptors (Lipinski definition) is 1. The second-order valence-electron chi connectivity index (χ2n) is 3.53. The lowest BCUT2D eigenvalue weighted by molar-refractivity contribution is -0.125. The minimum absolute atomic E-state index is 0.203. The second-order valence-corrected chi connectivity index (χ2v) is 4.34. The Labute approximate surface area is 97.7 Å². The van der Waals surface area contributed by atoms with Crippen LogP contribution in [0.3, 0.4) is 0 Å². The number of rotatable bonds is 2. The van der Waals surface area contributed by atoms with E-state index in [0.717, 1.165) is 23.1 Å². The van der Waals surface area contributed by atoms with Gasteiger partial charge in [0.15, 0.2) is 0 Å². The second kappa shape index (κ2) is 4.62. The van der Waals surface area contributed by atoms with Gasteiger partial charge in [-0.2, -0.15) is 0 Å². The molecule has 3 heteroatoms. The van der Waals surface area contributed by atoms with Crippen molar-refractivity contribution in [3.63, 3.8) is 0 Å². The summed E-state index contributed by atoms with van der Waals surface area (Å²) >= 11 is 3.45. The van der Waals surface area contributed by atoms with Crippen LogP contribution in [0, 0.1) is 0 Å². The summed E-state index contributed by atoms with van der Waals surface area (Å²) in [6, 6.07) is 9.98. The Balaban J connectivity index is 2.17. The zero-order chi connectivity index (χ0) is 10.7. The molecule has 1 aromatic carbocycles. The lowest BCUT2D eigenvalue weighted by Gasteiger charge is -2.14. The van der Waals surface area contributed by atoms with Crippen molar-refractivity contribution in [1.29, 1.82) is 0 Å². The predicted molar refractivity (Wildman–Crippen MR) is 64.3 cm³/mol. The van der Waals surface area contributed by atoms with Crippen molar-refractivity contribution in [2.24, 2.45) is 0 Å². The first-order valence-electron chi connectivity index (χ1n) is 5.00. The van der Waals surface area contributed by atoms with E-state index in [1.54, 1.807) is 4.90 Å². The van der Waals surface area contributed by atoms with Gasteiger partial charge in [0.2, 0.25) is 5.91 Å². The van der Waals surface area contributed by atoms with Gasteiger partial charge in [0.1, 0.15) is 0 Å². The molecule has 0 N–H and O–H groups in total. The molecular weight excluding hydrogens is 254 g/mol. The zero-order valence-corrected chi connectivity index (χ0v) is 9.90. The van der Waals surface area contributed by atoms with E-state index >= 15 is 0 Å². The molecule has 0 spiro atoms. The molecule has 0 unspecified atom stereocenters. The average Bonchev–Trinajstić information content (AvgIpc) is 2.66. The molecule has 0 atom stereocenters. The van der Waals surface area contributed by atoms with Gasteiger partial charge >= 0.3 is 0 Å². The molecule has 78 valence electrons. The van der Waals surface area contributed by atoms with E-state index in [9.17, 15) is 4.79 Å². The largest absolute Gasteiger partial charge is 0.306 e. The van der Waals surface area contributed by atoms with Gasteiger partial charge in [0, 0.05) is 13.0 Å². The summed E-state index contributed by atoms with van der Waals surface area (Å²) in [7, 11) is 0. The van der Waals surface area contributed by atoms with E-state index in [0.29, 0.717) is 6.42 Å². The molecule has 1 aliphatic rings. The summed E-state index contributed by atoms with van der Waals surface area (Å²) in [5, 5.41) is 0. The summed E-state index contributed by atoms with van der Waals surface area (Å²) in [6.07, 6.45) is 3.59. The van der Waals surface area contributed by atoms with E-state index < -0.39 is 0 Å². The average molecular weight is 266 g/mol. The highest BCUT2D eigenvalue weighted by Gasteiger charge is 2.21. The zero-order valence-electron chi connectivity index (χ0n) is 8.32. The van der Waals surface area contributed by atoms with Crippen molar-refractivity contribution in [3.8, 4) is 0 Å². The van der Waals surface area contributed by atoms with Crippen molar-refractivity contribution >= 4 is 27.9 Å². The van der Waals surface area contributed by atoms with Crippen LogP contribution in [0.4, 0.5) is 0 Å². The maximum Gasteiger partial charge on any atom is 0.227 e. The molecule has 1 amide bonds. The van der Waals surface area contributed by atoms with Gasteiger partial charge in [-0.05, 0) is 34.0 Å². The number of halogens is 1. The third kappa shape index (κ3) is 2.48. The summed E-state index contributed by atoms with van der Waals surface area (Å²) in [4.78, 5) is 13.2. The lowest BCUT2D eigenvalue weighted by atomic mass is 10.2. The summed E-state index contributed by atoms with van der Waals surface area (Å²) in [6.45, 7) is 0.822. The summed E-state index contributed by atoms with van der Waals surface area (Å²) in [5.41, 5.74) is 1.10. The standard InChI is InChI=1S/C12H12BrNO/c13-11(14-8-4-7-12(14)15)9-10-5-2-1-3-6-10/h1-3,5-6,9H,4,7-8H2/b11-9-. The highest BCUT2D eigenvalue weighted by Crippen LogP contribution is 2.22. The van der Waals surface area contributed by atoms with Gasteiger partial charge in [0.05, 0.1) is 4.61 Å². The van der Waals surface area contributed by atoms with Crippen molar-refractivity contribution in [1.82, 2.24) is 4.90 Å². The maximum atomic E-state index is 11.5. The monoisotopic (exact) mass is 265 g/mol. The number of carbonyl (C=O) groups is 1. The SMILES string of the molecule is O=C1CCCN1/C(Br)=C\c1ccccc1. The highest BCUT2D eigenvalue weighted by molar-refractivity contribution is 9.11. The Morgan fingerprint density at radius 1 is 1.33 bits per heavy atom. The molecule has 2 rings (SSSR count). The Bertz CT molecular complexity index is 386. The van der Waals surface area contributed by atoms with Crippen LogP contribution < -0.4 is 0 Å². The van der Waals surface area contributed by atoms with Gasteiger partial charge in [-0.15, -0.1) is 0 Å². The smallest absolute Gasteiger partial charge is 0.227 e. The fraction of sp³-hybridized carbons (Fsp3) is 0.250. The lowest BCUT2D eigenvalue weighted by Crippen LogP contribution is -2.20. The Hall–Kier alpha value is -1.09. The van der Waals surface area contributed by atoms with Crippen LogP contribution in [0.1, 0.15) is 18.4 Å². The minimum atomic E-state index is 0.203. The molecule has 0 bridgehead atoms. The van der Waals surface area contributed by atoms with E-state index in [4.69, 9.17) is 0 Å². The first kappa shape index (κ1) is 10.4. The molecule has 0 radical (unpaired) electrons. The van der Waals surface area contributed by atoms with Crippen LogP contribution in [0.15, 0.2) is 34.9 Å². The molecule has 1 fully saturated rings. The fourth-order valence-corrected chi connectivity index (χ4v) is 2.28. The van der Waals surface area contributed by atoms with Crippen LogP contribution in [0.25, 0.3) is 6.08 Å². The van der Waals surface area contributed by atoms with Gasteiger partial charge in [-0.25, -0.2) is 0 Å². The molecule has 1 heterocycles. The number of benzene rings is 1. The maximum absolute atomic E-state index is 11.5. The first-order valence-corrected chi connectivity index (χ1v) is 5.79. The van der Waals surface area contributed by atoms with Gasteiger partial charge in [0.25, 0.3) is 0 Å². The highest BCUT2D eigenvalue weighted by atomic mass is 79.9. The molecule has 1 aliphatic heterocycles. The normalized spacial score (nSPS) is 17.3. The number of hydrogen-bond donors (Lipinski definition) is 0. The molecule has 15 heavy (non-hydrogen) atoms. The van der Waals surface area contributed by atoms with Crippen LogP contribution in [0.2, 0.25) is 0 Å². The topological polar surface area (TPSA) is 20.3 Å². The van der Waals surface area contributed by atoms with E-state index in [2.05, 4.69) is 15.9 Å².